The van der Waals surface area contributed by atoms with E-state index < -0.39 is 0 Å². The summed E-state index contributed by atoms with van der Waals surface area (Å²) in [6.07, 6.45) is 2.59. The molecule has 1 fully saturated rings. The highest BCUT2D eigenvalue weighted by molar-refractivity contribution is 5.55. The van der Waals surface area contributed by atoms with Gasteiger partial charge in [0.2, 0.25) is 0 Å². The number of nitrogens with zero attached hydrogens (tertiary/aromatic N) is 2. The zero-order valence-corrected chi connectivity index (χ0v) is 11.6. The Morgan fingerprint density at radius 3 is 2.68 bits per heavy atom. The molecular formula is C14H21N3O2. The van der Waals surface area contributed by atoms with Gasteiger partial charge in [-0.1, -0.05) is 0 Å². The van der Waals surface area contributed by atoms with Crippen molar-refractivity contribution >= 4 is 11.4 Å². The fraction of sp³-hybridized carbons (Fsp3) is 0.571. The lowest BCUT2D eigenvalue weighted by atomic mass is 10.1. The number of non-ortho nitro benzene ring substituents is 1. The van der Waals surface area contributed by atoms with E-state index in [0.29, 0.717) is 6.04 Å². The summed E-state index contributed by atoms with van der Waals surface area (Å²) in [5.74, 6) is 0. The molecule has 1 saturated heterocycles. The smallest absolute Gasteiger partial charge is 0.269 e. The van der Waals surface area contributed by atoms with Crippen LogP contribution >= 0.6 is 0 Å². The van der Waals surface area contributed by atoms with Gasteiger partial charge in [-0.15, -0.1) is 0 Å². The number of anilines is 1. The molecule has 5 nitrogen and oxygen atoms in total. The van der Waals surface area contributed by atoms with Crippen LogP contribution in [0, 0.1) is 17.0 Å². The molecule has 0 bridgehead atoms. The first kappa shape index (κ1) is 13.8. The van der Waals surface area contributed by atoms with Crippen LogP contribution in [0.15, 0.2) is 18.2 Å². The molecule has 1 unspecified atom stereocenters. The first-order valence-electron chi connectivity index (χ1n) is 6.81. The number of benzene rings is 1. The van der Waals surface area contributed by atoms with Gasteiger partial charge in [-0.25, -0.2) is 0 Å². The summed E-state index contributed by atoms with van der Waals surface area (Å²) in [4.78, 5) is 12.8. The van der Waals surface area contributed by atoms with Crippen LogP contribution < -0.4 is 5.32 Å². The van der Waals surface area contributed by atoms with Crippen LogP contribution in [0.25, 0.3) is 0 Å². The van der Waals surface area contributed by atoms with Gasteiger partial charge in [0.05, 0.1) is 4.92 Å². The highest BCUT2D eigenvalue weighted by Crippen LogP contribution is 2.21. The van der Waals surface area contributed by atoms with Gasteiger partial charge in [-0.2, -0.15) is 0 Å². The van der Waals surface area contributed by atoms with Crippen molar-refractivity contribution < 1.29 is 4.92 Å². The lowest BCUT2D eigenvalue weighted by molar-refractivity contribution is -0.384. The van der Waals surface area contributed by atoms with E-state index in [2.05, 4.69) is 17.1 Å². The van der Waals surface area contributed by atoms with E-state index in [9.17, 15) is 10.1 Å². The highest BCUT2D eigenvalue weighted by Gasteiger charge is 2.17. The first-order valence-corrected chi connectivity index (χ1v) is 6.81. The fourth-order valence-electron chi connectivity index (χ4n) is 2.53. The number of hydrogen-bond donors (Lipinski definition) is 1. The van der Waals surface area contributed by atoms with E-state index in [1.165, 1.54) is 25.9 Å². The Morgan fingerprint density at radius 1 is 1.42 bits per heavy atom. The number of rotatable bonds is 5. The molecule has 104 valence electrons. The number of nitrogens with one attached hydrogen (secondary N) is 1. The number of aryl methyl sites for hydroxylation is 1. The third-order valence-electron chi connectivity index (χ3n) is 3.77. The number of nitro groups is 1. The monoisotopic (exact) mass is 263 g/mol. The van der Waals surface area contributed by atoms with Gasteiger partial charge >= 0.3 is 0 Å². The van der Waals surface area contributed by atoms with Gasteiger partial charge in [0, 0.05) is 30.4 Å². The van der Waals surface area contributed by atoms with Crippen molar-refractivity contribution in [3.05, 3.63) is 33.9 Å². The molecule has 5 heteroatoms. The molecule has 2 rings (SSSR count). The van der Waals surface area contributed by atoms with Crippen molar-refractivity contribution in [1.82, 2.24) is 4.90 Å². The maximum absolute atomic E-state index is 10.7. The molecule has 1 aliphatic rings. The Bertz CT molecular complexity index is 456. The Balaban J connectivity index is 1.93. The van der Waals surface area contributed by atoms with Crippen molar-refractivity contribution in [3.8, 4) is 0 Å². The summed E-state index contributed by atoms with van der Waals surface area (Å²) in [6.45, 7) is 7.36. The van der Waals surface area contributed by atoms with E-state index in [-0.39, 0.29) is 10.6 Å². The molecule has 1 aromatic carbocycles. The van der Waals surface area contributed by atoms with Crippen LogP contribution in [-0.2, 0) is 0 Å². The maximum Gasteiger partial charge on any atom is 0.269 e. The average Bonchev–Trinajstić information content (AvgIpc) is 2.90. The van der Waals surface area contributed by atoms with Crippen LogP contribution in [0.3, 0.4) is 0 Å². The summed E-state index contributed by atoms with van der Waals surface area (Å²) in [5.41, 5.74) is 2.05. The number of nitro benzene ring substituents is 1. The quantitative estimate of drug-likeness (QED) is 0.655. The minimum Gasteiger partial charge on any atom is -0.383 e. The fourth-order valence-corrected chi connectivity index (χ4v) is 2.53. The standard InChI is InChI=1S/C14H21N3O2/c1-11-9-13(17(18)19)5-6-14(11)15-10-12(2)16-7-3-4-8-16/h5-6,9,12,15H,3-4,7-8,10H2,1-2H3. The molecular weight excluding hydrogens is 242 g/mol. The zero-order chi connectivity index (χ0) is 13.8. The lowest BCUT2D eigenvalue weighted by Gasteiger charge is -2.24. The lowest BCUT2D eigenvalue weighted by Crippen LogP contribution is -2.35. The van der Waals surface area contributed by atoms with Crippen LogP contribution in [0.5, 0.6) is 0 Å². The summed E-state index contributed by atoms with van der Waals surface area (Å²) in [6, 6.07) is 5.46. The first-order chi connectivity index (χ1) is 9.08. The van der Waals surface area contributed by atoms with Crippen LogP contribution in [-0.4, -0.2) is 35.5 Å². The molecule has 0 aliphatic carbocycles. The highest BCUT2D eigenvalue weighted by atomic mass is 16.6. The average molecular weight is 263 g/mol. The predicted molar refractivity (Wildman–Crippen MR) is 76.6 cm³/mol. The molecule has 19 heavy (non-hydrogen) atoms. The van der Waals surface area contributed by atoms with Crippen molar-refractivity contribution in [2.45, 2.75) is 32.7 Å². The zero-order valence-electron chi connectivity index (χ0n) is 11.6. The van der Waals surface area contributed by atoms with Gasteiger partial charge in [-0.3, -0.25) is 15.0 Å². The van der Waals surface area contributed by atoms with E-state index in [0.717, 1.165) is 17.8 Å². The number of likely N-dealkylation sites (tertiary alicyclic amines) is 1. The molecule has 1 N–H and O–H groups in total. The second kappa shape index (κ2) is 6.02. The second-order valence-electron chi connectivity index (χ2n) is 5.23. The molecule has 0 radical (unpaired) electrons. The molecule has 0 spiro atoms. The van der Waals surface area contributed by atoms with Crippen molar-refractivity contribution in [2.75, 3.05) is 25.0 Å². The largest absolute Gasteiger partial charge is 0.383 e. The molecule has 1 aliphatic heterocycles. The summed E-state index contributed by atoms with van der Waals surface area (Å²) in [7, 11) is 0. The molecule has 0 aromatic heterocycles. The van der Waals surface area contributed by atoms with E-state index in [1.54, 1.807) is 18.2 Å². The summed E-state index contributed by atoms with van der Waals surface area (Å²) in [5, 5.41) is 14.1. The van der Waals surface area contributed by atoms with Gasteiger partial charge in [-0.05, 0) is 51.4 Å². The van der Waals surface area contributed by atoms with Gasteiger partial charge in [0.15, 0.2) is 0 Å². The molecule has 0 amide bonds. The topological polar surface area (TPSA) is 58.4 Å². The summed E-state index contributed by atoms with van der Waals surface area (Å²) < 4.78 is 0. The molecule has 1 heterocycles. The Hall–Kier alpha value is -1.62. The Morgan fingerprint density at radius 2 is 2.11 bits per heavy atom. The second-order valence-corrected chi connectivity index (χ2v) is 5.23. The van der Waals surface area contributed by atoms with Crippen molar-refractivity contribution in [3.63, 3.8) is 0 Å². The van der Waals surface area contributed by atoms with Gasteiger partial charge < -0.3 is 5.32 Å². The SMILES string of the molecule is Cc1cc([N+](=O)[O-])ccc1NCC(C)N1CCCC1. The third kappa shape index (κ3) is 3.44. The van der Waals surface area contributed by atoms with Gasteiger partial charge in [0.1, 0.15) is 0 Å². The third-order valence-corrected chi connectivity index (χ3v) is 3.77. The predicted octanol–water partition coefficient (Wildman–Crippen LogP) is 2.80. The van der Waals surface area contributed by atoms with E-state index in [1.807, 2.05) is 6.92 Å². The minimum atomic E-state index is -0.358. The maximum atomic E-state index is 10.7. The minimum absolute atomic E-state index is 0.149. The van der Waals surface area contributed by atoms with Crippen LogP contribution in [0.4, 0.5) is 11.4 Å². The van der Waals surface area contributed by atoms with Crippen molar-refractivity contribution in [2.24, 2.45) is 0 Å². The normalized spacial score (nSPS) is 17.4. The summed E-state index contributed by atoms with van der Waals surface area (Å²) >= 11 is 0. The Labute approximate surface area is 113 Å². The van der Waals surface area contributed by atoms with Crippen LogP contribution in [0.2, 0.25) is 0 Å². The number of hydrogen-bond acceptors (Lipinski definition) is 4. The van der Waals surface area contributed by atoms with E-state index >= 15 is 0 Å². The van der Waals surface area contributed by atoms with Crippen molar-refractivity contribution in [1.29, 1.82) is 0 Å². The van der Waals surface area contributed by atoms with Gasteiger partial charge in [0.25, 0.3) is 5.69 Å². The van der Waals surface area contributed by atoms with Crippen LogP contribution in [0.1, 0.15) is 25.3 Å². The molecule has 1 atom stereocenters. The Kier molecular flexibility index (Phi) is 4.37. The van der Waals surface area contributed by atoms with E-state index in [4.69, 9.17) is 0 Å². The molecule has 1 aromatic rings. The molecule has 0 saturated carbocycles.